The lowest BCUT2D eigenvalue weighted by atomic mass is 10.1. The quantitative estimate of drug-likeness (QED) is 0.535. The molecule has 0 heterocycles. The molecule has 0 spiro atoms. The molecule has 0 fully saturated rings. The number of allylic oxidation sites excluding steroid dienone is 1. The lowest BCUT2D eigenvalue weighted by Crippen LogP contribution is -1.97. The number of carbonyl (C=O) groups excluding carboxylic acids is 1. The third-order valence-corrected chi connectivity index (χ3v) is 2.14. The molecule has 0 atom stereocenters. The minimum atomic E-state index is 0.248. The number of benzene rings is 1. The number of ketones is 1. The zero-order valence-electron chi connectivity index (χ0n) is 10.6. The molecule has 1 rings (SSSR count). The van der Waals surface area contributed by atoms with Crippen LogP contribution in [-0.4, -0.2) is 5.78 Å². The maximum Gasteiger partial charge on any atom is 0.162 e. The van der Waals surface area contributed by atoms with Crippen molar-refractivity contribution in [1.29, 1.82) is 0 Å². The second-order valence-corrected chi connectivity index (χ2v) is 3.74. The molecule has 1 nitrogen and oxygen atoms in total. The van der Waals surface area contributed by atoms with Gasteiger partial charge >= 0.3 is 0 Å². The highest BCUT2D eigenvalue weighted by Crippen LogP contribution is 2.06. The van der Waals surface area contributed by atoms with Crippen molar-refractivity contribution in [2.24, 2.45) is 0 Å². The van der Waals surface area contributed by atoms with Gasteiger partial charge in [-0.15, -0.1) is 6.58 Å². The van der Waals surface area contributed by atoms with E-state index in [1.54, 1.807) is 0 Å². The van der Waals surface area contributed by atoms with Crippen LogP contribution in [0.25, 0.3) is 0 Å². The Morgan fingerprint density at radius 1 is 1.25 bits per heavy atom. The van der Waals surface area contributed by atoms with Crippen LogP contribution < -0.4 is 0 Å². The van der Waals surface area contributed by atoms with Gasteiger partial charge < -0.3 is 0 Å². The summed E-state index contributed by atoms with van der Waals surface area (Å²) in [5, 5.41) is 0. The molecule has 0 saturated carbocycles. The minimum absolute atomic E-state index is 0.248. The Bertz CT molecular complexity index is 309. The van der Waals surface area contributed by atoms with Gasteiger partial charge in [-0.1, -0.05) is 49.8 Å². The van der Waals surface area contributed by atoms with Crippen molar-refractivity contribution >= 4 is 5.78 Å². The van der Waals surface area contributed by atoms with E-state index in [0.29, 0.717) is 6.42 Å². The molecule has 1 aromatic carbocycles. The Hall–Kier alpha value is -1.37. The predicted octanol–water partition coefficient (Wildman–Crippen LogP) is 4.56. The van der Waals surface area contributed by atoms with Crippen molar-refractivity contribution in [1.82, 2.24) is 0 Å². The first-order chi connectivity index (χ1) is 7.65. The standard InChI is InChI=1S/C11H14O.C4H8/c1-3-4-11(12)10-7-5-9(2)6-8-10;1-3-4-2/h5-8H,3-4H2,1-2H3;3H,1,4H2,2H3. The summed E-state index contributed by atoms with van der Waals surface area (Å²) in [5.41, 5.74) is 2.03. The van der Waals surface area contributed by atoms with Crippen molar-refractivity contribution in [3.8, 4) is 0 Å². The van der Waals surface area contributed by atoms with E-state index in [4.69, 9.17) is 0 Å². The Balaban J connectivity index is 0.000000487. The summed E-state index contributed by atoms with van der Waals surface area (Å²) in [6.07, 6.45) is 4.54. The van der Waals surface area contributed by atoms with Gasteiger partial charge in [-0.05, 0) is 19.8 Å². The summed E-state index contributed by atoms with van der Waals surface area (Å²) in [6, 6.07) is 7.74. The average Bonchev–Trinajstić information content (AvgIpc) is 2.30. The zero-order valence-corrected chi connectivity index (χ0v) is 10.6. The van der Waals surface area contributed by atoms with Gasteiger partial charge in [-0.3, -0.25) is 4.79 Å². The number of aryl methyl sites for hydroxylation is 1. The third kappa shape index (κ3) is 6.18. The SMILES string of the molecule is C=CCC.CCCC(=O)c1ccc(C)cc1. The minimum Gasteiger partial charge on any atom is -0.294 e. The summed E-state index contributed by atoms with van der Waals surface area (Å²) in [5.74, 6) is 0.248. The largest absolute Gasteiger partial charge is 0.294 e. The Labute approximate surface area is 99.2 Å². The van der Waals surface area contributed by atoms with Gasteiger partial charge in [-0.25, -0.2) is 0 Å². The lowest BCUT2D eigenvalue weighted by Gasteiger charge is -1.98. The fourth-order valence-corrected chi connectivity index (χ4v) is 1.11. The first-order valence-electron chi connectivity index (χ1n) is 5.86. The maximum atomic E-state index is 11.4. The van der Waals surface area contributed by atoms with E-state index in [9.17, 15) is 4.79 Å². The fourth-order valence-electron chi connectivity index (χ4n) is 1.11. The van der Waals surface area contributed by atoms with E-state index < -0.39 is 0 Å². The third-order valence-electron chi connectivity index (χ3n) is 2.14. The Morgan fingerprint density at radius 3 is 2.12 bits per heavy atom. The fraction of sp³-hybridized carbons (Fsp3) is 0.400. The molecule has 1 heteroatoms. The van der Waals surface area contributed by atoms with E-state index in [0.717, 1.165) is 18.4 Å². The van der Waals surface area contributed by atoms with Crippen LogP contribution in [0.2, 0.25) is 0 Å². The van der Waals surface area contributed by atoms with Crippen LogP contribution in [0.3, 0.4) is 0 Å². The molecule has 0 saturated heterocycles. The van der Waals surface area contributed by atoms with E-state index in [-0.39, 0.29) is 5.78 Å². The van der Waals surface area contributed by atoms with Crippen molar-refractivity contribution in [2.75, 3.05) is 0 Å². The van der Waals surface area contributed by atoms with Gasteiger partial charge in [0.25, 0.3) is 0 Å². The number of rotatable bonds is 4. The topological polar surface area (TPSA) is 17.1 Å². The molecule has 0 N–H and O–H groups in total. The molecule has 16 heavy (non-hydrogen) atoms. The molecular formula is C15H22O. The molecule has 0 bridgehead atoms. The summed E-state index contributed by atoms with van der Waals surface area (Å²) in [7, 11) is 0. The molecule has 0 aromatic heterocycles. The average molecular weight is 218 g/mol. The van der Waals surface area contributed by atoms with E-state index in [2.05, 4.69) is 13.5 Å². The van der Waals surface area contributed by atoms with Crippen molar-refractivity contribution in [3.05, 3.63) is 48.0 Å². The summed E-state index contributed by atoms with van der Waals surface area (Å²) in [6.45, 7) is 9.58. The monoisotopic (exact) mass is 218 g/mol. The van der Waals surface area contributed by atoms with E-state index in [1.165, 1.54) is 5.56 Å². The van der Waals surface area contributed by atoms with Crippen LogP contribution >= 0.6 is 0 Å². The van der Waals surface area contributed by atoms with Crippen LogP contribution in [-0.2, 0) is 0 Å². The molecular weight excluding hydrogens is 196 g/mol. The number of Topliss-reactive ketones (excluding diaryl/α,β-unsaturated/α-hetero) is 1. The second-order valence-electron chi connectivity index (χ2n) is 3.74. The van der Waals surface area contributed by atoms with Crippen LogP contribution in [0.15, 0.2) is 36.9 Å². The predicted molar refractivity (Wildman–Crippen MR) is 70.9 cm³/mol. The smallest absolute Gasteiger partial charge is 0.162 e. The van der Waals surface area contributed by atoms with E-state index in [1.807, 2.05) is 44.2 Å². The van der Waals surface area contributed by atoms with Crippen molar-refractivity contribution in [3.63, 3.8) is 0 Å². The maximum absolute atomic E-state index is 11.4. The second kappa shape index (κ2) is 8.90. The van der Waals surface area contributed by atoms with Gasteiger partial charge in [0.2, 0.25) is 0 Å². The molecule has 0 radical (unpaired) electrons. The number of carbonyl (C=O) groups is 1. The lowest BCUT2D eigenvalue weighted by molar-refractivity contribution is 0.0982. The molecule has 0 amide bonds. The highest BCUT2D eigenvalue weighted by Gasteiger charge is 2.02. The van der Waals surface area contributed by atoms with E-state index >= 15 is 0 Å². The molecule has 0 unspecified atom stereocenters. The highest BCUT2D eigenvalue weighted by atomic mass is 16.1. The number of hydrogen-bond acceptors (Lipinski definition) is 1. The Kier molecular flexibility index (Phi) is 8.14. The highest BCUT2D eigenvalue weighted by molar-refractivity contribution is 5.95. The van der Waals surface area contributed by atoms with Gasteiger partial charge in [0.15, 0.2) is 5.78 Å². The van der Waals surface area contributed by atoms with Gasteiger partial charge in [0.05, 0.1) is 0 Å². The molecule has 1 aromatic rings. The van der Waals surface area contributed by atoms with Gasteiger partial charge in [0.1, 0.15) is 0 Å². The normalized spacial score (nSPS) is 8.94. The summed E-state index contributed by atoms with van der Waals surface area (Å²) in [4.78, 5) is 11.4. The molecule has 0 aliphatic carbocycles. The zero-order chi connectivity index (χ0) is 12.4. The first kappa shape index (κ1) is 14.6. The van der Waals surface area contributed by atoms with Gasteiger partial charge in [0, 0.05) is 12.0 Å². The number of hydrogen-bond donors (Lipinski definition) is 0. The van der Waals surface area contributed by atoms with Crippen LogP contribution in [0, 0.1) is 6.92 Å². The molecule has 0 aliphatic rings. The Morgan fingerprint density at radius 2 is 1.75 bits per heavy atom. The van der Waals surface area contributed by atoms with Crippen LogP contribution in [0.5, 0.6) is 0 Å². The van der Waals surface area contributed by atoms with Crippen LogP contribution in [0.1, 0.15) is 49.0 Å². The first-order valence-corrected chi connectivity index (χ1v) is 5.86. The molecule has 88 valence electrons. The van der Waals surface area contributed by atoms with Crippen molar-refractivity contribution in [2.45, 2.75) is 40.0 Å². The summed E-state index contributed by atoms with van der Waals surface area (Å²) < 4.78 is 0. The van der Waals surface area contributed by atoms with Gasteiger partial charge in [-0.2, -0.15) is 0 Å². The molecule has 0 aliphatic heterocycles. The summed E-state index contributed by atoms with van der Waals surface area (Å²) >= 11 is 0. The van der Waals surface area contributed by atoms with Crippen LogP contribution in [0.4, 0.5) is 0 Å². The van der Waals surface area contributed by atoms with Crippen molar-refractivity contribution < 1.29 is 4.79 Å².